The van der Waals surface area contributed by atoms with Crippen molar-refractivity contribution in [3.8, 4) is 0 Å². The Bertz CT molecular complexity index is 756. The number of para-hydroxylation sites is 1. The molecule has 0 aliphatic rings. The summed E-state index contributed by atoms with van der Waals surface area (Å²) in [7, 11) is 0. The zero-order valence-electron chi connectivity index (χ0n) is 12.2. The molecule has 0 atom stereocenters. The van der Waals surface area contributed by atoms with E-state index in [4.69, 9.17) is 0 Å². The molecule has 0 fully saturated rings. The predicted octanol–water partition coefficient (Wildman–Crippen LogP) is 4.08. The molecule has 1 aromatic heterocycles. The molecule has 0 saturated heterocycles. The van der Waals surface area contributed by atoms with Crippen LogP contribution in [0.3, 0.4) is 0 Å². The number of hydrogen-bond donors (Lipinski definition) is 1. The van der Waals surface area contributed by atoms with E-state index in [2.05, 4.69) is 30.1 Å². The Labute approximate surface area is 124 Å². The summed E-state index contributed by atoms with van der Waals surface area (Å²) in [4.78, 5) is 15.6. The van der Waals surface area contributed by atoms with E-state index in [0.717, 1.165) is 17.5 Å². The smallest absolute Gasteiger partial charge is 0.141 e. The summed E-state index contributed by atoms with van der Waals surface area (Å²) in [6, 6.07) is 16.2. The zero-order valence-corrected chi connectivity index (χ0v) is 12.2. The lowest BCUT2D eigenvalue weighted by molar-refractivity contribution is -0.117. The Hall–Kier alpha value is -2.35. The van der Waals surface area contributed by atoms with Crippen molar-refractivity contribution < 1.29 is 4.79 Å². The minimum absolute atomic E-state index is 0.254. The molecular weight excluding hydrogens is 258 g/mol. The van der Waals surface area contributed by atoms with Gasteiger partial charge in [0.2, 0.25) is 0 Å². The van der Waals surface area contributed by atoms with E-state index in [0.29, 0.717) is 12.8 Å². The summed E-state index contributed by atoms with van der Waals surface area (Å²) >= 11 is 0. The van der Waals surface area contributed by atoms with Crippen LogP contribution in [0.25, 0.3) is 10.9 Å². The molecule has 1 N–H and O–H groups in total. The molecule has 0 radical (unpaired) electrons. The van der Waals surface area contributed by atoms with Gasteiger partial charge in [-0.25, -0.2) is 0 Å². The van der Waals surface area contributed by atoms with Gasteiger partial charge in [-0.05, 0) is 23.1 Å². The highest BCUT2D eigenvalue weighted by atomic mass is 16.1. The Morgan fingerprint density at radius 2 is 1.76 bits per heavy atom. The van der Waals surface area contributed by atoms with Crippen LogP contribution in [0.1, 0.15) is 23.6 Å². The number of carbonyl (C=O) groups excluding carboxylic acids is 1. The van der Waals surface area contributed by atoms with Gasteiger partial charge in [-0.3, -0.25) is 4.79 Å². The van der Waals surface area contributed by atoms with Crippen LogP contribution in [-0.4, -0.2) is 10.8 Å². The fourth-order valence-corrected chi connectivity index (χ4v) is 2.81. The van der Waals surface area contributed by atoms with Crippen molar-refractivity contribution in [2.45, 2.75) is 26.2 Å². The molecule has 2 aromatic carbocycles. The Balaban J connectivity index is 1.80. The van der Waals surface area contributed by atoms with Gasteiger partial charge in [-0.2, -0.15) is 0 Å². The second kappa shape index (κ2) is 5.96. The molecule has 2 heteroatoms. The van der Waals surface area contributed by atoms with Crippen LogP contribution in [0.4, 0.5) is 0 Å². The van der Waals surface area contributed by atoms with Gasteiger partial charge in [0.05, 0.1) is 0 Å². The topological polar surface area (TPSA) is 32.9 Å². The third-order valence-corrected chi connectivity index (χ3v) is 3.90. The number of rotatable bonds is 5. The third kappa shape index (κ3) is 2.89. The Morgan fingerprint density at radius 1 is 0.952 bits per heavy atom. The first-order chi connectivity index (χ1) is 10.3. The summed E-state index contributed by atoms with van der Waals surface area (Å²) < 4.78 is 0. The van der Waals surface area contributed by atoms with Crippen LogP contribution < -0.4 is 0 Å². The average Bonchev–Trinajstić information content (AvgIpc) is 2.91. The predicted molar refractivity (Wildman–Crippen MR) is 86.5 cm³/mol. The fourth-order valence-electron chi connectivity index (χ4n) is 2.81. The van der Waals surface area contributed by atoms with Gasteiger partial charge >= 0.3 is 0 Å². The number of nitrogens with one attached hydrogen (secondary N) is 1. The normalized spacial score (nSPS) is 10.9. The molecule has 0 aliphatic heterocycles. The lowest BCUT2D eigenvalue weighted by Crippen LogP contribution is -2.06. The van der Waals surface area contributed by atoms with Gasteiger partial charge < -0.3 is 4.98 Å². The van der Waals surface area contributed by atoms with Gasteiger partial charge in [0, 0.05) is 29.9 Å². The fraction of sp³-hybridized carbons (Fsp3) is 0.211. The van der Waals surface area contributed by atoms with Crippen LogP contribution in [0.2, 0.25) is 0 Å². The van der Waals surface area contributed by atoms with E-state index in [-0.39, 0.29) is 5.78 Å². The van der Waals surface area contributed by atoms with Gasteiger partial charge in [-0.1, -0.05) is 55.5 Å². The molecule has 0 bridgehead atoms. The molecule has 0 unspecified atom stereocenters. The maximum Gasteiger partial charge on any atom is 0.141 e. The number of ketones is 1. The van der Waals surface area contributed by atoms with Crippen LogP contribution in [0.15, 0.2) is 54.7 Å². The molecule has 3 rings (SSSR count). The van der Waals surface area contributed by atoms with Crippen molar-refractivity contribution in [3.05, 3.63) is 71.4 Å². The monoisotopic (exact) mass is 277 g/mol. The maximum absolute atomic E-state index is 12.3. The molecule has 0 spiro atoms. The van der Waals surface area contributed by atoms with E-state index >= 15 is 0 Å². The summed E-state index contributed by atoms with van der Waals surface area (Å²) in [6.07, 6.45) is 3.96. The van der Waals surface area contributed by atoms with Crippen molar-refractivity contribution >= 4 is 16.7 Å². The number of hydrogen-bond acceptors (Lipinski definition) is 1. The average molecular weight is 277 g/mol. The van der Waals surface area contributed by atoms with Crippen molar-refractivity contribution in [1.29, 1.82) is 0 Å². The number of aromatic nitrogens is 1. The van der Waals surface area contributed by atoms with Crippen LogP contribution in [0, 0.1) is 0 Å². The lowest BCUT2D eigenvalue weighted by atomic mass is 10.0. The van der Waals surface area contributed by atoms with E-state index in [1.807, 2.05) is 36.5 Å². The first-order valence-electron chi connectivity index (χ1n) is 7.41. The lowest BCUT2D eigenvalue weighted by Gasteiger charge is -2.02. The summed E-state index contributed by atoms with van der Waals surface area (Å²) in [5.41, 5.74) is 4.65. The van der Waals surface area contributed by atoms with Gasteiger partial charge in [0.15, 0.2) is 0 Å². The van der Waals surface area contributed by atoms with Gasteiger partial charge in [0.25, 0.3) is 0 Å². The quantitative estimate of drug-likeness (QED) is 0.748. The van der Waals surface area contributed by atoms with E-state index in [1.54, 1.807) is 0 Å². The van der Waals surface area contributed by atoms with Crippen molar-refractivity contribution in [1.82, 2.24) is 4.98 Å². The molecule has 0 aliphatic carbocycles. The SMILES string of the molecule is CCc1cccc2c(CC(=O)Cc3ccccc3)c[nH]c12. The molecule has 0 saturated carbocycles. The standard InChI is InChI=1S/C19H19NO/c1-2-15-9-6-10-18-16(13-20-19(15)18)12-17(21)11-14-7-4-3-5-8-14/h3-10,13,20H,2,11-12H2,1H3. The molecule has 0 amide bonds. The van der Waals surface area contributed by atoms with Crippen molar-refractivity contribution in [2.24, 2.45) is 0 Å². The second-order valence-electron chi connectivity index (χ2n) is 5.38. The first-order valence-corrected chi connectivity index (χ1v) is 7.41. The number of fused-ring (bicyclic) bond motifs is 1. The minimum atomic E-state index is 0.254. The maximum atomic E-state index is 12.3. The second-order valence-corrected chi connectivity index (χ2v) is 5.38. The van der Waals surface area contributed by atoms with E-state index in [9.17, 15) is 4.79 Å². The number of aromatic amines is 1. The number of benzene rings is 2. The molecule has 21 heavy (non-hydrogen) atoms. The van der Waals surface area contributed by atoms with Crippen LogP contribution in [-0.2, 0) is 24.1 Å². The summed E-state index contributed by atoms with van der Waals surface area (Å²) in [5, 5.41) is 1.18. The molecule has 106 valence electrons. The minimum Gasteiger partial charge on any atom is -0.361 e. The molecular formula is C19H19NO. The Morgan fingerprint density at radius 3 is 2.52 bits per heavy atom. The van der Waals surface area contributed by atoms with Crippen LogP contribution >= 0.6 is 0 Å². The van der Waals surface area contributed by atoms with E-state index < -0.39 is 0 Å². The zero-order chi connectivity index (χ0) is 14.7. The highest BCUT2D eigenvalue weighted by Gasteiger charge is 2.11. The summed E-state index contributed by atoms with van der Waals surface area (Å²) in [5.74, 6) is 0.254. The van der Waals surface area contributed by atoms with E-state index in [1.165, 1.54) is 16.5 Å². The molecule has 1 heterocycles. The highest BCUT2D eigenvalue weighted by Crippen LogP contribution is 2.23. The number of H-pyrrole nitrogens is 1. The highest BCUT2D eigenvalue weighted by molar-refractivity contribution is 5.91. The largest absolute Gasteiger partial charge is 0.361 e. The number of aryl methyl sites for hydroxylation is 1. The molecule has 2 nitrogen and oxygen atoms in total. The number of Topliss-reactive ketones (excluding diaryl/α,β-unsaturated/α-hetero) is 1. The summed E-state index contributed by atoms with van der Waals surface area (Å²) in [6.45, 7) is 2.15. The number of carbonyl (C=O) groups is 1. The van der Waals surface area contributed by atoms with Crippen LogP contribution in [0.5, 0.6) is 0 Å². The first kappa shape index (κ1) is 13.6. The van der Waals surface area contributed by atoms with Crippen molar-refractivity contribution in [3.63, 3.8) is 0 Å². The molecule has 3 aromatic rings. The Kier molecular flexibility index (Phi) is 3.87. The van der Waals surface area contributed by atoms with Gasteiger partial charge in [-0.15, -0.1) is 0 Å². The third-order valence-electron chi connectivity index (χ3n) is 3.90. The van der Waals surface area contributed by atoms with Gasteiger partial charge in [0.1, 0.15) is 5.78 Å². The van der Waals surface area contributed by atoms with Crippen molar-refractivity contribution in [2.75, 3.05) is 0 Å².